The topological polar surface area (TPSA) is 57.1 Å². The Balaban J connectivity index is 1.85. The highest BCUT2D eigenvalue weighted by Gasteiger charge is 2.22. The molecule has 2 aromatic carbocycles. The van der Waals surface area contributed by atoms with Gasteiger partial charge in [-0.3, -0.25) is 0 Å². The minimum atomic E-state index is -0.519. The van der Waals surface area contributed by atoms with Crippen LogP contribution < -0.4 is 9.47 Å². The van der Waals surface area contributed by atoms with Crippen molar-refractivity contribution in [2.24, 2.45) is 5.16 Å². The number of benzene rings is 2. The monoisotopic (exact) mass is 375 g/mol. The molecule has 0 atom stereocenters. The molecule has 3 rings (SSSR count). The first-order chi connectivity index (χ1) is 12.5. The summed E-state index contributed by atoms with van der Waals surface area (Å²) >= 11 is 6.32. The quantitative estimate of drug-likeness (QED) is 0.574. The predicted octanol–water partition coefficient (Wildman–Crippen LogP) is 4.38. The van der Waals surface area contributed by atoms with E-state index in [1.807, 2.05) is 0 Å². The van der Waals surface area contributed by atoms with Gasteiger partial charge >= 0.3 is 5.97 Å². The van der Waals surface area contributed by atoms with Crippen LogP contribution in [0.15, 0.2) is 47.1 Å². The first-order valence-electron chi connectivity index (χ1n) is 7.70. The van der Waals surface area contributed by atoms with Gasteiger partial charge in [-0.25, -0.2) is 9.18 Å². The van der Waals surface area contributed by atoms with Crippen molar-refractivity contribution in [3.05, 3.63) is 63.9 Å². The SMILES string of the molecule is COc1cc(C=C2C(=O)ON=C2C)cc(Cl)c1OCc1ccc(F)cc1. The molecule has 1 aliphatic rings. The number of ether oxygens (including phenoxy) is 2. The second-order valence-electron chi connectivity index (χ2n) is 5.56. The summed E-state index contributed by atoms with van der Waals surface area (Å²) in [7, 11) is 1.49. The van der Waals surface area contributed by atoms with E-state index in [-0.39, 0.29) is 12.4 Å². The summed E-state index contributed by atoms with van der Waals surface area (Å²) in [5, 5.41) is 3.95. The molecule has 1 heterocycles. The van der Waals surface area contributed by atoms with Crippen LogP contribution in [0.25, 0.3) is 6.08 Å². The maximum absolute atomic E-state index is 13.0. The second-order valence-corrected chi connectivity index (χ2v) is 5.97. The van der Waals surface area contributed by atoms with E-state index in [9.17, 15) is 9.18 Å². The molecular weight excluding hydrogens is 361 g/mol. The summed E-state index contributed by atoms with van der Waals surface area (Å²) in [6.07, 6.45) is 1.62. The van der Waals surface area contributed by atoms with Crippen molar-refractivity contribution < 1.29 is 23.5 Å². The standard InChI is InChI=1S/C19H15ClFNO4/c1-11-15(19(23)26-22-11)7-13-8-16(20)18(17(9-13)24-2)25-10-12-3-5-14(21)6-4-12/h3-9H,10H2,1-2H3. The van der Waals surface area contributed by atoms with Crippen LogP contribution in [0.2, 0.25) is 5.02 Å². The maximum Gasteiger partial charge on any atom is 0.367 e. The third-order valence-electron chi connectivity index (χ3n) is 3.73. The van der Waals surface area contributed by atoms with Gasteiger partial charge in [0.1, 0.15) is 12.4 Å². The largest absolute Gasteiger partial charge is 0.493 e. The van der Waals surface area contributed by atoms with Gasteiger partial charge in [0.2, 0.25) is 0 Å². The lowest BCUT2D eigenvalue weighted by Crippen LogP contribution is -2.02. The summed E-state index contributed by atoms with van der Waals surface area (Å²) < 4.78 is 24.1. The normalized spacial score (nSPS) is 15.0. The van der Waals surface area contributed by atoms with E-state index in [2.05, 4.69) is 9.99 Å². The molecular formula is C19H15ClFNO4. The molecule has 26 heavy (non-hydrogen) atoms. The Morgan fingerprint density at radius 2 is 2.00 bits per heavy atom. The Kier molecular flexibility index (Phi) is 5.23. The van der Waals surface area contributed by atoms with Crippen LogP contribution in [0.5, 0.6) is 11.5 Å². The van der Waals surface area contributed by atoms with Crippen LogP contribution in [-0.4, -0.2) is 18.8 Å². The fourth-order valence-corrected chi connectivity index (χ4v) is 2.66. The van der Waals surface area contributed by atoms with Crippen molar-refractivity contribution in [1.82, 2.24) is 0 Å². The van der Waals surface area contributed by atoms with E-state index in [1.54, 1.807) is 37.3 Å². The number of hydrogen-bond acceptors (Lipinski definition) is 5. The second kappa shape index (κ2) is 7.58. The average Bonchev–Trinajstić information content (AvgIpc) is 2.94. The zero-order valence-electron chi connectivity index (χ0n) is 14.1. The van der Waals surface area contributed by atoms with Crippen LogP contribution in [-0.2, 0) is 16.2 Å². The summed E-state index contributed by atoms with van der Waals surface area (Å²) in [5.41, 5.74) is 2.27. The molecule has 5 nitrogen and oxygen atoms in total. The molecule has 0 amide bonds. The van der Waals surface area contributed by atoms with Crippen molar-refractivity contribution in [3.8, 4) is 11.5 Å². The number of halogens is 2. The summed E-state index contributed by atoms with van der Waals surface area (Å²) in [6, 6.07) is 9.31. The van der Waals surface area contributed by atoms with E-state index in [1.165, 1.54) is 19.2 Å². The molecule has 1 aliphatic heterocycles. The van der Waals surface area contributed by atoms with E-state index >= 15 is 0 Å². The van der Waals surface area contributed by atoms with E-state index in [4.69, 9.17) is 21.1 Å². The molecule has 0 N–H and O–H groups in total. The lowest BCUT2D eigenvalue weighted by Gasteiger charge is -2.13. The van der Waals surface area contributed by atoms with Gasteiger partial charge in [0.15, 0.2) is 11.5 Å². The Labute approximate surface area is 154 Å². The first kappa shape index (κ1) is 17.9. The van der Waals surface area contributed by atoms with Crippen LogP contribution in [0.3, 0.4) is 0 Å². The Morgan fingerprint density at radius 1 is 1.27 bits per heavy atom. The van der Waals surface area contributed by atoms with Gasteiger partial charge in [-0.15, -0.1) is 0 Å². The van der Waals surface area contributed by atoms with Gasteiger partial charge < -0.3 is 14.3 Å². The highest BCUT2D eigenvalue weighted by molar-refractivity contribution is 6.32. The van der Waals surface area contributed by atoms with E-state index in [0.717, 1.165) is 5.56 Å². The third-order valence-corrected chi connectivity index (χ3v) is 4.02. The fourth-order valence-electron chi connectivity index (χ4n) is 2.39. The van der Waals surface area contributed by atoms with E-state index < -0.39 is 5.97 Å². The Hall–Kier alpha value is -2.86. The Morgan fingerprint density at radius 3 is 2.62 bits per heavy atom. The number of rotatable bonds is 5. The minimum Gasteiger partial charge on any atom is -0.493 e. The molecule has 2 aromatic rings. The van der Waals surface area contributed by atoms with Crippen LogP contribution in [0.4, 0.5) is 4.39 Å². The average molecular weight is 376 g/mol. The molecule has 0 spiro atoms. The molecule has 0 aromatic heterocycles. The molecule has 0 aliphatic carbocycles. The van der Waals surface area contributed by atoms with Crippen LogP contribution in [0.1, 0.15) is 18.1 Å². The van der Waals surface area contributed by atoms with Crippen molar-refractivity contribution in [2.75, 3.05) is 7.11 Å². The zero-order valence-corrected chi connectivity index (χ0v) is 14.8. The lowest BCUT2D eigenvalue weighted by atomic mass is 10.1. The fraction of sp³-hybridized carbons (Fsp3) is 0.158. The number of carbonyl (C=O) groups is 1. The smallest absolute Gasteiger partial charge is 0.367 e. The van der Waals surface area contributed by atoms with E-state index in [0.29, 0.717) is 33.4 Å². The third kappa shape index (κ3) is 3.86. The highest BCUT2D eigenvalue weighted by atomic mass is 35.5. The van der Waals surface area contributed by atoms with Gasteiger partial charge in [-0.1, -0.05) is 28.9 Å². The van der Waals surface area contributed by atoms with Gasteiger partial charge in [-0.05, 0) is 48.4 Å². The molecule has 0 fully saturated rings. The van der Waals surface area contributed by atoms with Gasteiger partial charge in [0, 0.05) is 0 Å². The zero-order chi connectivity index (χ0) is 18.7. The summed E-state index contributed by atoms with van der Waals surface area (Å²) in [5.74, 6) is -0.0623. The molecule has 7 heteroatoms. The number of methoxy groups -OCH3 is 1. The number of hydrogen-bond donors (Lipinski definition) is 0. The predicted molar refractivity (Wildman–Crippen MR) is 95.9 cm³/mol. The summed E-state index contributed by atoms with van der Waals surface area (Å²) in [4.78, 5) is 16.3. The molecule has 0 unspecified atom stereocenters. The van der Waals surface area contributed by atoms with Crippen molar-refractivity contribution in [1.29, 1.82) is 0 Å². The van der Waals surface area contributed by atoms with Crippen LogP contribution in [0, 0.1) is 5.82 Å². The molecule has 0 saturated carbocycles. The molecule has 0 saturated heterocycles. The van der Waals surface area contributed by atoms with Crippen molar-refractivity contribution >= 4 is 29.4 Å². The summed E-state index contributed by atoms with van der Waals surface area (Å²) in [6.45, 7) is 1.88. The number of oxime groups is 1. The van der Waals surface area contributed by atoms with Crippen molar-refractivity contribution in [3.63, 3.8) is 0 Å². The van der Waals surface area contributed by atoms with Gasteiger partial charge in [-0.2, -0.15) is 0 Å². The highest BCUT2D eigenvalue weighted by Crippen LogP contribution is 2.37. The molecule has 0 radical (unpaired) electrons. The Bertz CT molecular complexity index is 907. The number of carbonyl (C=O) groups excluding carboxylic acids is 1. The molecule has 0 bridgehead atoms. The lowest BCUT2D eigenvalue weighted by molar-refractivity contribution is -0.136. The molecule has 134 valence electrons. The minimum absolute atomic E-state index is 0.203. The first-order valence-corrected chi connectivity index (χ1v) is 8.08. The van der Waals surface area contributed by atoms with Gasteiger partial charge in [0.05, 0.1) is 23.4 Å². The van der Waals surface area contributed by atoms with Gasteiger partial charge in [0.25, 0.3) is 0 Å². The van der Waals surface area contributed by atoms with Crippen molar-refractivity contribution in [2.45, 2.75) is 13.5 Å². The number of nitrogens with zero attached hydrogens (tertiary/aromatic N) is 1. The van der Waals surface area contributed by atoms with Crippen LogP contribution >= 0.6 is 11.6 Å². The maximum atomic E-state index is 13.0.